The second-order valence-corrected chi connectivity index (χ2v) is 14.6. The highest BCUT2D eigenvalue weighted by atomic mass is 16.4. The van der Waals surface area contributed by atoms with Gasteiger partial charge in [-0.25, -0.2) is 0 Å². The molecule has 1 aromatic carbocycles. The number of hydrogen-bond donors (Lipinski definition) is 9. The number of carboxylic acid groups (broad SMARTS) is 3. The monoisotopic (exact) mass is 845 g/mol. The molecule has 0 aromatic heterocycles. The van der Waals surface area contributed by atoms with Crippen molar-refractivity contribution >= 4 is 65.0 Å². The van der Waals surface area contributed by atoms with E-state index in [1.807, 2.05) is 5.32 Å². The van der Waals surface area contributed by atoms with E-state index in [9.17, 15) is 57.8 Å². The highest BCUT2D eigenvalue weighted by Crippen LogP contribution is 2.21. The number of hydrogen-bond acceptors (Lipinski definition) is 11. The number of benzene rings is 1. The zero-order valence-corrected chi connectivity index (χ0v) is 34.0. The number of aliphatic carboxylic acids is 3. The second-order valence-electron chi connectivity index (χ2n) is 14.6. The van der Waals surface area contributed by atoms with Crippen molar-refractivity contribution in [3.63, 3.8) is 0 Å². The number of nitrogens with zero attached hydrogens (tertiary/aromatic N) is 1. The van der Waals surface area contributed by atoms with E-state index in [0.717, 1.165) is 6.92 Å². The van der Waals surface area contributed by atoms with E-state index in [1.165, 1.54) is 4.90 Å². The highest BCUT2D eigenvalue weighted by molar-refractivity contribution is 6.38. The molecule has 0 bridgehead atoms. The van der Waals surface area contributed by atoms with Crippen molar-refractivity contribution < 1.29 is 68.1 Å². The summed E-state index contributed by atoms with van der Waals surface area (Å²) in [5.74, 6) is -11.7. The summed E-state index contributed by atoms with van der Waals surface area (Å²) in [5.41, 5.74) is 0.569. The van der Waals surface area contributed by atoms with Crippen LogP contribution in [0.3, 0.4) is 0 Å². The van der Waals surface area contributed by atoms with Gasteiger partial charge >= 0.3 is 17.9 Å². The van der Waals surface area contributed by atoms with Gasteiger partial charge in [-0.3, -0.25) is 52.7 Å². The molecule has 21 heteroatoms. The number of nitrogens with one attached hydrogen (secondary N) is 6. The number of ketones is 1. The molecule has 1 aliphatic heterocycles. The molecule has 7 amide bonds. The number of amides is 7. The van der Waals surface area contributed by atoms with Crippen LogP contribution in [0.4, 0.5) is 0 Å². The molecule has 0 unspecified atom stereocenters. The minimum Gasteiger partial charge on any atom is -0.481 e. The molecule has 1 saturated heterocycles. The first-order valence-corrected chi connectivity index (χ1v) is 19.6. The summed E-state index contributed by atoms with van der Waals surface area (Å²) in [4.78, 5) is 141. The van der Waals surface area contributed by atoms with Crippen LogP contribution in [0.25, 0.3) is 0 Å². The molecule has 6 atom stereocenters. The van der Waals surface area contributed by atoms with E-state index in [0.29, 0.717) is 18.4 Å². The molecule has 330 valence electrons. The molecule has 1 aliphatic rings. The van der Waals surface area contributed by atoms with Crippen LogP contribution < -0.4 is 31.9 Å². The Kier molecular flexibility index (Phi) is 20.3. The Balaban J connectivity index is 2.36. The molecule has 0 spiro atoms. The van der Waals surface area contributed by atoms with E-state index in [-0.39, 0.29) is 32.2 Å². The van der Waals surface area contributed by atoms with Crippen molar-refractivity contribution in [2.24, 2.45) is 5.92 Å². The molecule has 0 aliphatic carbocycles. The normalized spacial score (nSPS) is 15.9. The van der Waals surface area contributed by atoms with Crippen LogP contribution in [0, 0.1) is 5.92 Å². The van der Waals surface area contributed by atoms with Gasteiger partial charge in [-0.2, -0.15) is 0 Å². The van der Waals surface area contributed by atoms with Gasteiger partial charge in [0.15, 0.2) is 0 Å². The van der Waals surface area contributed by atoms with Gasteiger partial charge in [-0.15, -0.1) is 0 Å². The topological polar surface area (TPSA) is 324 Å². The van der Waals surface area contributed by atoms with Gasteiger partial charge in [0.2, 0.25) is 41.2 Å². The Morgan fingerprint density at radius 2 is 1.25 bits per heavy atom. The lowest BCUT2D eigenvalue weighted by Crippen LogP contribution is -2.60. The van der Waals surface area contributed by atoms with Gasteiger partial charge in [0.05, 0.1) is 6.04 Å². The number of carboxylic acids is 3. The largest absolute Gasteiger partial charge is 0.481 e. The van der Waals surface area contributed by atoms with Crippen LogP contribution in [0.5, 0.6) is 0 Å². The fraction of sp³-hybridized carbons (Fsp3) is 0.564. The number of likely N-dealkylation sites (tertiary alicyclic amines) is 1. The van der Waals surface area contributed by atoms with Gasteiger partial charge in [0.25, 0.3) is 5.91 Å². The van der Waals surface area contributed by atoms with Crippen molar-refractivity contribution in [1.82, 2.24) is 36.8 Å². The fourth-order valence-electron chi connectivity index (χ4n) is 6.40. The van der Waals surface area contributed by atoms with E-state index in [4.69, 9.17) is 10.2 Å². The molecule has 1 aromatic rings. The molecule has 0 saturated carbocycles. The second kappa shape index (κ2) is 24.5. The lowest BCUT2D eigenvalue weighted by atomic mass is 9.99. The summed E-state index contributed by atoms with van der Waals surface area (Å²) < 4.78 is 0. The minimum atomic E-state index is -1.57. The Hall–Kier alpha value is -6.41. The zero-order valence-electron chi connectivity index (χ0n) is 34.0. The SMILES string of the molecule is CCC[C@H](NC(=O)[C@@H]1CCCN1C(=O)[C@@H](NC(=O)[C@H](Cc1ccccc1)NC(=O)[C@H](CCC(=O)O)NC(=O)[C@H](CCC(=O)O)NC(C)=O)C(C)C)C(=O)C(=O)NCC(=O)O. The Morgan fingerprint density at radius 1 is 0.700 bits per heavy atom. The van der Waals surface area contributed by atoms with E-state index in [2.05, 4.69) is 26.6 Å². The van der Waals surface area contributed by atoms with E-state index >= 15 is 0 Å². The first-order valence-electron chi connectivity index (χ1n) is 19.6. The lowest BCUT2D eigenvalue weighted by Gasteiger charge is -2.32. The maximum atomic E-state index is 14.1. The molecule has 0 radical (unpaired) electrons. The predicted molar refractivity (Wildman–Crippen MR) is 209 cm³/mol. The van der Waals surface area contributed by atoms with Crippen LogP contribution in [0.15, 0.2) is 30.3 Å². The maximum Gasteiger partial charge on any atom is 0.322 e. The molecule has 21 nitrogen and oxygen atoms in total. The number of Topliss-reactive ketones (excluding diaryl/α,β-unsaturated/α-hetero) is 1. The Morgan fingerprint density at radius 3 is 1.77 bits per heavy atom. The third-order valence-corrected chi connectivity index (χ3v) is 9.44. The Bertz CT molecular complexity index is 1750. The van der Waals surface area contributed by atoms with E-state index in [1.54, 1.807) is 51.1 Å². The third kappa shape index (κ3) is 16.5. The molecular formula is C39H55N7O14. The molecular weight excluding hydrogens is 790 g/mol. The molecule has 1 fully saturated rings. The molecule has 2 rings (SSSR count). The van der Waals surface area contributed by atoms with Gasteiger partial charge in [-0.05, 0) is 43.6 Å². The van der Waals surface area contributed by atoms with Crippen molar-refractivity contribution in [3.05, 3.63) is 35.9 Å². The van der Waals surface area contributed by atoms with Crippen molar-refractivity contribution in [2.75, 3.05) is 13.1 Å². The van der Waals surface area contributed by atoms with Gasteiger partial charge < -0.3 is 52.1 Å². The third-order valence-electron chi connectivity index (χ3n) is 9.44. The van der Waals surface area contributed by atoms with Crippen LogP contribution in [0.2, 0.25) is 0 Å². The van der Waals surface area contributed by atoms with Crippen molar-refractivity contribution in [3.8, 4) is 0 Å². The summed E-state index contributed by atoms with van der Waals surface area (Å²) in [6.07, 6.45) is -1.08. The smallest absolute Gasteiger partial charge is 0.322 e. The average molecular weight is 846 g/mol. The summed E-state index contributed by atoms with van der Waals surface area (Å²) >= 11 is 0. The average Bonchev–Trinajstić information content (AvgIpc) is 3.68. The highest BCUT2D eigenvalue weighted by Gasteiger charge is 2.41. The fourth-order valence-corrected chi connectivity index (χ4v) is 6.40. The Labute approximate surface area is 346 Å². The first kappa shape index (κ1) is 49.7. The number of rotatable bonds is 25. The first-order chi connectivity index (χ1) is 28.2. The maximum absolute atomic E-state index is 14.1. The predicted octanol–water partition coefficient (Wildman–Crippen LogP) is -1.38. The number of carbonyl (C=O) groups is 11. The van der Waals surface area contributed by atoms with Crippen LogP contribution in [-0.4, -0.2) is 135 Å². The zero-order chi connectivity index (χ0) is 45.1. The molecule has 60 heavy (non-hydrogen) atoms. The van der Waals surface area contributed by atoms with Crippen LogP contribution in [0.1, 0.15) is 84.6 Å². The van der Waals surface area contributed by atoms with Crippen molar-refractivity contribution in [1.29, 1.82) is 0 Å². The minimum absolute atomic E-state index is 0.0480. The lowest BCUT2D eigenvalue weighted by molar-refractivity contribution is -0.145. The van der Waals surface area contributed by atoms with Crippen LogP contribution >= 0.6 is 0 Å². The summed E-state index contributed by atoms with van der Waals surface area (Å²) in [6.45, 7) is 5.37. The molecule has 1 heterocycles. The van der Waals surface area contributed by atoms with Gasteiger partial charge in [0, 0.05) is 32.7 Å². The summed E-state index contributed by atoms with van der Waals surface area (Å²) in [7, 11) is 0. The number of carbonyl (C=O) groups excluding carboxylic acids is 8. The molecule has 9 N–H and O–H groups in total. The van der Waals surface area contributed by atoms with Crippen LogP contribution in [-0.2, 0) is 59.2 Å². The standard InChI is InChI=1S/C39H55N7O14/c1-5-10-24(33(54)38(59)40-20-31(52)53)42-37(58)28-13-9-18-46(28)39(60)32(21(2)3)45-36(57)27(19-23-11-7-6-8-12-23)44-35(56)26(15-17-30(50)51)43-34(55)25(41-22(4)47)14-16-29(48)49/h6-8,11-12,21,24-28,32H,5,9-10,13-20H2,1-4H3,(H,40,59)(H,41,47)(H,42,58)(H,43,55)(H,44,56)(H,45,57)(H,48,49)(H,50,51)(H,52,53)/t24-,25-,26-,27-,28-,32-/m0/s1. The van der Waals surface area contributed by atoms with Gasteiger partial charge in [-0.1, -0.05) is 57.5 Å². The van der Waals surface area contributed by atoms with E-state index < -0.39 is 133 Å². The van der Waals surface area contributed by atoms with Gasteiger partial charge in [0.1, 0.15) is 36.8 Å². The quantitative estimate of drug-likeness (QED) is 0.0513. The summed E-state index contributed by atoms with van der Waals surface area (Å²) in [6, 6.07) is 0.382. The summed E-state index contributed by atoms with van der Waals surface area (Å²) in [5, 5.41) is 41.7. The van der Waals surface area contributed by atoms with Crippen molar-refractivity contribution in [2.45, 2.75) is 122 Å².